The van der Waals surface area contributed by atoms with Crippen LogP contribution in [0.25, 0.3) is 0 Å². The molecule has 5 rings (SSSR count). The Bertz CT molecular complexity index is 845. The molecule has 0 saturated carbocycles. The summed E-state index contributed by atoms with van der Waals surface area (Å²) in [6, 6.07) is 8.29. The molecule has 4 heterocycles. The van der Waals surface area contributed by atoms with Gasteiger partial charge in [-0.3, -0.25) is 4.90 Å². The fourth-order valence-corrected chi connectivity index (χ4v) is 4.31. The predicted molar refractivity (Wildman–Crippen MR) is 113 cm³/mol. The maximum Gasteiger partial charge on any atom is 0.231 e. The first kappa shape index (κ1) is 18.5. The molecule has 0 bridgehead atoms. The Kier molecular flexibility index (Phi) is 5.14. The molecule has 7 nitrogen and oxygen atoms in total. The topological polar surface area (TPSA) is 54.0 Å². The fraction of sp³-hybridized carbons (Fsp3) is 0.545. The SMILES string of the molecule is CC1CCN(c2ccnc(N3CCN(Cc4ccc5c(c4)OCO5)CC3)n2)CC1. The Balaban J connectivity index is 1.18. The van der Waals surface area contributed by atoms with E-state index in [4.69, 9.17) is 14.5 Å². The minimum atomic E-state index is 0.326. The van der Waals surface area contributed by atoms with E-state index in [9.17, 15) is 0 Å². The van der Waals surface area contributed by atoms with Crippen molar-refractivity contribution >= 4 is 11.8 Å². The highest BCUT2D eigenvalue weighted by Crippen LogP contribution is 2.33. The van der Waals surface area contributed by atoms with Crippen LogP contribution >= 0.6 is 0 Å². The smallest absolute Gasteiger partial charge is 0.231 e. The van der Waals surface area contributed by atoms with Gasteiger partial charge in [-0.2, -0.15) is 4.98 Å². The number of hydrogen-bond donors (Lipinski definition) is 0. The van der Waals surface area contributed by atoms with Crippen LogP contribution in [0.1, 0.15) is 25.3 Å². The van der Waals surface area contributed by atoms with E-state index in [1.165, 1.54) is 18.4 Å². The molecule has 0 amide bonds. The molecule has 29 heavy (non-hydrogen) atoms. The first-order valence-corrected chi connectivity index (χ1v) is 10.7. The number of aromatic nitrogens is 2. The predicted octanol–water partition coefficient (Wildman–Crippen LogP) is 2.76. The number of nitrogens with zero attached hydrogens (tertiary/aromatic N) is 5. The van der Waals surface area contributed by atoms with Gasteiger partial charge in [-0.25, -0.2) is 4.98 Å². The van der Waals surface area contributed by atoms with Gasteiger partial charge < -0.3 is 19.3 Å². The normalized spacial score (nSPS) is 20.3. The van der Waals surface area contributed by atoms with Crippen LogP contribution in [0.4, 0.5) is 11.8 Å². The Morgan fingerprint density at radius 2 is 1.72 bits per heavy atom. The zero-order valence-corrected chi connectivity index (χ0v) is 17.1. The molecule has 2 fully saturated rings. The fourth-order valence-electron chi connectivity index (χ4n) is 4.31. The highest BCUT2D eigenvalue weighted by Gasteiger charge is 2.22. The molecule has 0 N–H and O–H groups in total. The molecule has 3 aliphatic heterocycles. The van der Waals surface area contributed by atoms with Gasteiger partial charge in [0.05, 0.1) is 0 Å². The average molecular weight is 396 g/mol. The van der Waals surface area contributed by atoms with Crippen molar-refractivity contribution in [1.29, 1.82) is 0 Å². The van der Waals surface area contributed by atoms with Crippen LogP contribution in [0.5, 0.6) is 11.5 Å². The largest absolute Gasteiger partial charge is 0.454 e. The standard InChI is InChI=1S/C22H29N5O2/c1-17-5-8-26(9-6-17)21-4-7-23-22(24-21)27-12-10-25(11-13-27)15-18-2-3-19-20(14-18)29-16-28-19/h2-4,7,14,17H,5-6,8-13,15-16H2,1H3. The first-order valence-electron chi connectivity index (χ1n) is 10.7. The summed E-state index contributed by atoms with van der Waals surface area (Å²) in [6.07, 6.45) is 4.41. The van der Waals surface area contributed by atoms with E-state index >= 15 is 0 Å². The molecule has 1 aromatic heterocycles. The number of piperidine rings is 1. The van der Waals surface area contributed by atoms with Crippen molar-refractivity contribution in [3.05, 3.63) is 36.0 Å². The highest BCUT2D eigenvalue weighted by atomic mass is 16.7. The summed E-state index contributed by atoms with van der Waals surface area (Å²) in [5.74, 6) is 4.47. The van der Waals surface area contributed by atoms with Gasteiger partial charge in [0, 0.05) is 52.0 Å². The van der Waals surface area contributed by atoms with E-state index in [1.54, 1.807) is 0 Å². The van der Waals surface area contributed by atoms with Gasteiger partial charge in [0.15, 0.2) is 11.5 Å². The van der Waals surface area contributed by atoms with Gasteiger partial charge >= 0.3 is 0 Å². The number of anilines is 2. The minimum absolute atomic E-state index is 0.326. The molecule has 1 aromatic carbocycles. The third-order valence-electron chi connectivity index (χ3n) is 6.23. The zero-order chi connectivity index (χ0) is 19.6. The van der Waals surface area contributed by atoms with Crippen molar-refractivity contribution in [2.45, 2.75) is 26.3 Å². The van der Waals surface area contributed by atoms with E-state index in [0.29, 0.717) is 6.79 Å². The van der Waals surface area contributed by atoms with Crippen molar-refractivity contribution in [1.82, 2.24) is 14.9 Å². The second kappa shape index (κ2) is 8.06. The number of ether oxygens (including phenoxy) is 2. The maximum atomic E-state index is 5.50. The van der Waals surface area contributed by atoms with Gasteiger partial charge in [-0.15, -0.1) is 0 Å². The van der Waals surface area contributed by atoms with Crippen LogP contribution in [0.3, 0.4) is 0 Å². The van der Waals surface area contributed by atoms with Gasteiger partial charge in [-0.1, -0.05) is 13.0 Å². The van der Waals surface area contributed by atoms with E-state index in [-0.39, 0.29) is 0 Å². The molecule has 2 saturated heterocycles. The van der Waals surface area contributed by atoms with E-state index in [1.807, 2.05) is 12.3 Å². The van der Waals surface area contributed by atoms with Crippen molar-refractivity contribution in [3.63, 3.8) is 0 Å². The maximum absolute atomic E-state index is 5.50. The molecule has 3 aliphatic rings. The van der Waals surface area contributed by atoms with E-state index < -0.39 is 0 Å². The second-order valence-corrected chi connectivity index (χ2v) is 8.34. The number of rotatable bonds is 4. The lowest BCUT2D eigenvalue weighted by molar-refractivity contribution is 0.174. The Morgan fingerprint density at radius 1 is 0.931 bits per heavy atom. The molecular weight excluding hydrogens is 366 g/mol. The van der Waals surface area contributed by atoms with E-state index in [0.717, 1.165) is 75.0 Å². The summed E-state index contributed by atoms with van der Waals surface area (Å²) in [5.41, 5.74) is 1.26. The van der Waals surface area contributed by atoms with Gasteiger partial charge in [0.1, 0.15) is 5.82 Å². The molecule has 0 atom stereocenters. The number of piperazine rings is 1. The Morgan fingerprint density at radius 3 is 2.55 bits per heavy atom. The monoisotopic (exact) mass is 395 g/mol. The van der Waals surface area contributed by atoms with E-state index in [2.05, 4.69) is 44.8 Å². The summed E-state index contributed by atoms with van der Waals surface area (Å²) in [4.78, 5) is 16.6. The summed E-state index contributed by atoms with van der Waals surface area (Å²) < 4.78 is 10.9. The molecular formula is C22H29N5O2. The lowest BCUT2D eigenvalue weighted by atomic mass is 9.99. The minimum Gasteiger partial charge on any atom is -0.454 e. The number of fused-ring (bicyclic) bond motifs is 1. The Labute approximate surface area is 172 Å². The lowest BCUT2D eigenvalue weighted by Gasteiger charge is -2.35. The molecule has 2 aromatic rings. The summed E-state index contributed by atoms with van der Waals surface area (Å²) in [5, 5.41) is 0. The van der Waals surface area contributed by atoms with Crippen molar-refractivity contribution in [3.8, 4) is 11.5 Å². The molecule has 0 spiro atoms. The summed E-state index contributed by atoms with van der Waals surface area (Å²) in [6.45, 7) is 9.70. The molecule has 0 unspecified atom stereocenters. The van der Waals surface area contributed by atoms with Crippen molar-refractivity contribution < 1.29 is 9.47 Å². The van der Waals surface area contributed by atoms with Gasteiger partial charge in [0.25, 0.3) is 0 Å². The number of hydrogen-bond acceptors (Lipinski definition) is 7. The van der Waals surface area contributed by atoms with Crippen LogP contribution in [0, 0.1) is 5.92 Å². The third-order valence-corrected chi connectivity index (χ3v) is 6.23. The average Bonchev–Trinajstić information content (AvgIpc) is 3.23. The van der Waals surface area contributed by atoms with Crippen LogP contribution < -0.4 is 19.3 Å². The summed E-state index contributed by atoms with van der Waals surface area (Å²) in [7, 11) is 0. The van der Waals surface area contributed by atoms with Gasteiger partial charge in [-0.05, 0) is 42.5 Å². The highest BCUT2D eigenvalue weighted by molar-refractivity contribution is 5.45. The molecule has 154 valence electrons. The molecule has 7 heteroatoms. The molecule has 0 aliphatic carbocycles. The lowest BCUT2D eigenvalue weighted by Crippen LogP contribution is -2.46. The van der Waals surface area contributed by atoms with Crippen LogP contribution in [-0.2, 0) is 6.54 Å². The van der Waals surface area contributed by atoms with Crippen LogP contribution in [0.15, 0.2) is 30.5 Å². The van der Waals surface area contributed by atoms with Crippen molar-refractivity contribution in [2.75, 3.05) is 55.9 Å². The number of benzene rings is 1. The Hall–Kier alpha value is -2.54. The quantitative estimate of drug-likeness (QED) is 0.789. The second-order valence-electron chi connectivity index (χ2n) is 8.34. The summed E-state index contributed by atoms with van der Waals surface area (Å²) >= 11 is 0. The zero-order valence-electron chi connectivity index (χ0n) is 17.1. The van der Waals surface area contributed by atoms with Gasteiger partial charge in [0.2, 0.25) is 12.7 Å². The van der Waals surface area contributed by atoms with Crippen molar-refractivity contribution in [2.24, 2.45) is 5.92 Å². The molecule has 0 radical (unpaired) electrons. The van der Waals surface area contributed by atoms with Crippen LogP contribution in [0.2, 0.25) is 0 Å². The first-order chi connectivity index (χ1) is 14.2. The van der Waals surface area contributed by atoms with Crippen LogP contribution in [-0.4, -0.2) is 60.9 Å². The third kappa shape index (κ3) is 4.10.